The Kier molecular flexibility index (Phi) is 10.4. The minimum atomic E-state index is -0.523. The lowest BCUT2D eigenvalue weighted by Crippen LogP contribution is -2.36. The fourth-order valence-electron chi connectivity index (χ4n) is 9.46. The van der Waals surface area contributed by atoms with Gasteiger partial charge in [-0.25, -0.2) is 0 Å². The van der Waals surface area contributed by atoms with Gasteiger partial charge in [-0.3, -0.25) is 19.2 Å². The fraction of sp³-hybridized carbons (Fsp3) is 0.378. The first-order chi connectivity index (χ1) is 25.3. The molecule has 8 heteroatoms. The van der Waals surface area contributed by atoms with Crippen molar-refractivity contribution in [1.29, 1.82) is 0 Å². The van der Waals surface area contributed by atoms with Gasteiger partial charge in [-0.1, -0.05) is 24.3 Å². The van der Waals surface area contributed by atoms with Gasteiger partial charge in [-0.15, -0.1) is 0 Å². The van der Waals surface area contributed by atoms with Crippen LogP contribution >= 0.6 is 0 Å². The molecule has 0 bridgehead atoms. The van der Waals surface area contributed by atoms with E-state index in [0.29, 0.717) is 59.2 Å². The second-order valence-corrected chi connectivity index (χ2v) is 15.7. The molecule has 2 aliphatic rings. The fourth-order valence-corrected chi connectivity index (χ4v) is 9.46. The lowest BCUT2D eigenvalue weighted by atomic mass is 9.59. The molecule has 0 atom stereocenters. The number of phenolic OH excluding ortho intramolecular Hbond substituents is 4. The van der Waals surface area contributed by atoms with Gasteiger partial charge in [0.15, 0.2) is 25.1 Å². The molecule has 2 saturated carbocycles. The van der Waals surface area contributed by atoms with Crippen molar-refractivity contribution in [2.45, 2.75) is 96.3 Å². The second kappa shape index (κ2) is 14.6. The van der Waals surface area contributed by atoms with Crippen LogP contribution in [0.3, 0.4) is 0 Å². The van der Waals surface area contributed by atoms with Crippen molar-refractivity contribution >= 4 is 25.1 Å². The van der Waals surface area contributed by atoms with Gasteiger partial charge in [0.25, 0.3) is 0 Å². The normalized spacial score (nSPS) is 17.3. The minimum absolute atomic E-state index is 0.0360. The summed E-state index contributed by atoms with van der Waals surface area (Å²) in [7, 11) is 0. The summed E-state index contributed by atoms with van der Waals surface area (Å²) in [6.07, 6.45) is 10.4. The Balaban J connectivity index is 1.29. The smallest absolute Gasteiger partial charge is 0.153 e. The molecule has 0 saturated heterocycles. The van der Waals surface area contributed by atoms with Gasteiger partial charge in [0.05, 0.1) is 22.3 Å². The molecule has 0 unspecified atom stereocenters. The van der Waals surface area contributed by atoms with E-state index in [1.54, 1.807) is 52.0 Å². The zero-order chi connectivity index (χ0) is 38.2. The van der Waals surface area contributed by atoms with Crippen molar-refractivity contribution in [3.8, 4) is 23.0 Å². The zero-order valence-electron chi connectivity index (χ0n) is 30.9. The first kappa shape index (κ1) is 37.5. The average Bonchev–Trinajstić information content (AvgIpc) is 3.16. The summed E-state index contributed by atoms with van der Waals surface area (Å²) < 4.78 is 0. The monoisotopic (exact) mass is 716 g/mol. The van der Waals surface area contributed by atoms with Gasteiger partial charge >= 0.3 is 0 Å². The lowest BCUT2D eigenvalue weighted by Gasteiger charge is -2.45. The van der Waals surface area contributed by atoms with E-state index in [0.717, 1.165) is 80.0 Å². The molecule has 0 heterocycles. The molecule has 0 radical (unpaired) electrons. The Morgan fingerprint density at radius 1 is 0.453 bits per heavy atom. The molecule has 0 aliphatic heterocycles. The van der Waals surface area contributed by atoms with Crippen LogP contribution < -0.4 is 0 Å². The number of benzene rings is 4. The van der Waals surface area contributed by atoms with E-state index >= 15 is 0 Å². The van der Waals surface area contributed by atoms with Crippen LogP contribution in [0.2, 0.25) is 0 Å². The quantitative estimate of drug-likeness (QED) is 0.119. The minimum Gasteiger partial charge on any atom is -0.507 e. The zero-order valence-corrected chi connectivity index (χ0v) is 30.9. The Hall–Kier alpha value is -5.24. The molecule has 276 valence electrons. The van der Waals surface area contributed by atoms with Crippen LogP contribution in [-0.2, 0) is 10.8 Å². The van der Waals surface area contributed by atoms with Gasteiger partial charge in [-0.05, 0) is 166 Å². The molecular formula is C45H48O8. The molecule has 4 N–H and O–H groups in total. The summed E-state index contributed by atoms with van der Waals surface area (Å²) in [6, 6.07) is 14.8. The Bertz CT molecular complexity index is 1810. The highest BCUT2D eigenvalue weighted by Gasteiger charge is 2.43. The van der Waals surface area contributed by atoms with Crippen LogP contribution in [0.15, 0.2) is 48.5 Å². The van der Waals surface area contributed by atoms with E-state index in [1.165, 1.54) is 0 Å². The highest BCUT2D eigenvalue weighted by atomic mass is 16.3. The van der Waals surface area contributed by atoms with Crippen molar-refractivity contribution in [1.82, 2.24) is 0 Å². The molecule has 6 rings (SSSR count). The van der Waals surface area contributed by atoms with Crippen LogP contribution in [0.4, 0.5) is 0 Å². The standard InChI is InChI=1S/C45H48O8/c1-26-13-36(18-32(22-46)40(26)50)44(37-14-27(2)41(51)33(19-37)23-47)9-5-30(6-10-44)17-31-7-11-45(12-8-31,38-15-28(3)42(52)34(20-38)24-48)39-16-29(4)43(53)35(21-39)25-49/h13-16,18-25,30-31,50-53H,5-12,17H2,1-4H3. The first-order valence-corrected chi connectivity index (χ1v) is 18.5. The van der Waals surface area contributed by atoms with E-state index in [4.69, 9.17) is 0 Å². The molecule has 0 amide bonds. The lowest BCUT2D eigenvalue weighted by molar-refractivity contribution is 0.111. The SMILES string of the molecule is Cc1cc(C2(c3cc(C)c(O)c(C=O)c3)CCC(CC3CCC(c4cc(C)c(O)c(C=O)c4)(c4cc(C)c(O)c(C=O)c4)CC3)CC2)cc(C=O)c1O. The second-order valence-electron chi connectivity index (χ2n) is 15.7. The maximum Gasteiger partial charge on any atom is 0.153 e. The summed E-state index contributed by atoms with van der Waals surface area (Å²) in [6.45, 7) is 7.13. The van der Waals surface area contributed by atoms with Crippen LogP contribution in [0.1, 0.15) is 144 Å². The number of carbonyl (C=O) groups excluding carboxylic acids is 4. The van der Waals surface area contributed by atoms with Gasteiger partial charge in [0.2, 0.25) is 0 Å². The Morgan fingerprint density at radius 2 is 0.679 bits per heavy atom. The average molecular weight is 717 g/mol. The molecule has 4 aromatic rings. The number of phenols is 4. The molecule has 8 nitrogen and oxygen atoms in total. The van der Waals surface area contributed by atoms with Crippen LogP contribution in [0.25, 0.3) is 0 Å². The Morgan fingerprint density at radius 3 is 0.887 bits per heavy atom. The number of hydrogen-bond donors (Lipinski definition) is 4. The number of hydrogen-bond acceptors (Lipinski definition) is 8. The predicted octanol–water partition coefficient (Wildman–Crippen LogP) is 9.04. The summed E-state index contributed by atoms with van der Waals surface area (Å²) in [5.41, 5.74) is 5.95. The molecule has 2 aliphatic carbocycles. The summed E-state index contributed by atoms with van der Waals surface area (Å²) in [5, 5.41) is 42.3. The van der Waals surface area contributed by atoms with Crippen molar-refractivity contribution in [2.75, 3.05) is 0 Å². The van der Waals surface area contributed by atoms with E-state index < -0.39 is 10.8 Å². The highest BCUT2D eigenvalue weighted by molar-refractivity contribution is 5.83. The molecule has 4 aromatic carbocycles. The third-order valence-corrected chi connectivity index (χ3v) is 12.6. The summed E-state index contributed by atoms with van der Waals surface area (Å²) in [4.78, 5) is 48.0. The summed E-state index contributed by atoms with van der Waals surface area (Å²) >= 11 is 0. The number of rotatable bonds is 10. The highest BCUT2D eigenvalue weighted by Crippen LogP contribution is 2.53. The number of carbonyl (C=O) groups is 4. The maximum absolute atomic E-state index is 12.0. The van der Waals surface area contributed by atoms with Gasteiger partial charge < -0.3 is 20.4 Å². The number of aldehydes is 4. The molecular weight excluding hydrogens is 668 g/mol. The van der Waals surface area contributed by atoms with Crippen LogP contribution in [-0.4, -0.2) is 45.6 Å². The topological polar surface area (TPSA) is 149 Å². The molecule has 2 fully saturated rings. The third kappa shape index (κ3) is 6.64. The Labute approximate surface area is 310 Å². The predicted molar refractivity (Wildman–Crippen MR) is 203 cm³/mol. The van der Waals surface area contributed by atoms with E-state index in [9.17, 15) is 39.6 Å². The van der Waals surface area contributed by atoms with E-state index in [1.807, 2.05) is 24.3 Å². The van der Waals surface area contributed by atoms with Crippen molar-refractivity contribution in [2.24, 2.45) is 11.8 Å². The largest absolute Gasteiger partial charge is 0.507 e. The van der Waals surface area contributed by atoms with Gasteiger partial charge in [0, 0.05) is 10.8 Å². The van der Waals surface area contributed by atoms with Crippen LogP contribution in [0.5, 0.6) is 23.0 Å². The summed E-state index contributed by atoms with van der Waals surface area (Å²) in [5.74, 6) is 0.723. The maximum atomic E-state index is 12.0. The van der Waals surface area contributed by atoms with Crippen molar-refractivity contribution in [3.05, 3.63) is 115 Å². The molecule has 53 heavy (non-hydrogen) atoms. The van der Waals surface area contributed by atoms with E-state index in [-0.39, 0.29) is 45.3 Å². The molecule has 0 spiro atoms. The van der Waals surface area contributed by atoms with Crippen LogP contribution in [0, 0.1) is 39.5 Å². The van der Waals surface area contributed by atoms with Gasteiger partial charge in [0.1, 0.15) is 23.0 Å². The molecule has 0 aromatic heterocycles. The van der Waals surface area contributed by atoms with Crippen molar-refractivity contribution in [3.63, 3.8) is 0 Å². The van der Waals surface area contributed by atoms with E-state index in [2.05, 4.69) is 0 Å². The number of aromatic hydroxyl groups is 4. The van der Waals surface area contributed by atoms with Gasteiger partial charge in [-0.2, -0.15) is 0 Å². The van der Waals surface area contributed by atoms with Crippen molar-refractivity contribution < 1.29 is 39.6 Å². The first-order valence-electron chi connectivity index (χ1n) is 18.5. The number of aryl methyl sites for hydroxylation is 4. The third-order valence-electron chi connectivity index (χ3n) is 12.6.